The molecule has 2 aromatic rings. The molecule has 0 spiro atoms. The molecule has 0 saturated carbocycles. The van der Waals surface area contributed by atoms with Crippen molar-refractivity contribution in [2.75, 3.05) is 5.32 Å². The molecule has 2 aromatic heterocycles. The van der Waals surface area contributed by atoms with E-state index in [1.807, 2.05) is 19.2 Å². The maximum absolute atomic E-state index is 11.8. The average molecular weight is 329 g/mol. The van der Waals surface area contributed by atoms with E-state index >= 15 is 0 Å². The van der Waals surface area contributed by atoms with Gasteiger partial charge in [-0.25, -0.2) is 9.67 Å². The van der Waals surface area contributed by atoms with E-state index in [1.54, 1.807) is 17.5 Å². The van der Waals surface area contributed by atoms with Crippen molar-refractivity contribution in [3.05, 3.63) is 37.1 Å². The quantitative estimate of drug-likeness (QED) is 0.936. The molecule has 18 heavy (non-hydrogen) atoms. The summed E-state index contributed by atoms with van der Waals surface area (Å²) in [5.74, 6) is 0. The fraction of sp³-hybridized carbons (Fsp3) is 0.364. The van der Waals surface area contributed by atoms with Crippen molar-refractivity contribution in [3.63, 3.8) is 0 Å². The van der Waals surface area contributed by atoms with E-state index < -0.39 is 0 Å². The number of nitrogens with one attached hydrogen (secondary N) is 1. The number of aromatic nitrogens is 3. The third-order valence-corrected chi connectivity index (χ3v) is 4.00. The van der Waals surface area contributed by atoms with Crippen LogP contribution in [0.1, 0.15) is 17.6 Å². The van der Waals surface area contributed by atoms with Gasteiger partial charge in [0.2, 0.25) is 0 Å². The number of thiazole rings is 1. The summed E-state index contributed by atoms with van der Waals surface area (Å²) in [4.78, 5) is 16.2. The first-order valence-corrected chi connectivity index (χ1v) is 7.19. The number of hydrogen-bond acceptors (Lipinski definition) is 5. The summed E-state index contributed by atoms with van der Waals surface area (Å²) >= 11 is 4.91. The van der Waals surface area contributed by atoms with Gasteiger partial charge in [0.05, 0.1) is 29.1 Å². The van der Waals surface area contributed by atoms with Crippen LogP contribution in [0.2, 0.25) is 0 Å². The molecule has 7 heteroatoms. The van der Waals surface area contributed by atoms with Crippen molar-refractivity contribution >= 4 is 33.0 Å². The third-order valence-electron chi connectivity index (χ3n) is 2.41. The van der Waals surface area contributed by atoms with Gasteiger partial charge < -0.3 is 5.32 Å². The van der Waals surface area contributed by atoms with Crippen molar-refractivity contribution in [2.24, 2.45) is 0 Å². The molecule has 0 aliphatic rings. The Hall–Kier alpha value is -1.21. The Kier molecular flexibility index (Phi) is 4.13. The Morgan fingerprint density at radius 2 is 2.33 bits per heavy atom. The maximum Gasteiger partial charge on any atom is 0.283 e. The lowest BCUT2D eigenvalue weighted by Gasteiger charge is -2.08. The largest absolute Gasteiger partial charge is 0.377 e. The molecule has 1 N–H and O–H groups in total. The molecule has 0 aromatic carbocycles. The van der Waals surface area contributed by atoms with Crippen LogP contribution in [0.4, 0.5) is 5.69 Å². The number of rotatable bonds is 4. The first-order valence-electron chi connectivity index (χ1n) is 5.52. The van der Waals surface area contributed by atoms with Crippen LogP contribution >= 0.6 is 27.3 Å². The molecule has 0 unspecified atom stereocenters. The van der Waals surface area contributed by atoms with E-state index in [2.05, 4.69) is 31.3 Å². The summed E-state index contributed by atoms with van der Waals surface area (Å²) in [6, 6.07) is 0. The van der Waals surface area contributed by atoms with Gasteiger partial charge in [-0.05, 0) is 29.8 Å². The molecule has 0 atom stereocenters. The molecule has 0 fully saturated rings. The molecule has 96 valence electrons. The SMILES string of the molecule is CCn1ncc(NCc2csc(C)n2)c(Br)c1=O. The summed E-state index contributed by atoms with van der Waals surface area (Å²) in [5, 5.41) is 10.3. The molecule has 0 saturated heterocycles. The summed E-state index contributed by atoms with van der Waals surface area (Å²) in [6.07, 6.45) is 1.65. The van der Waals surface area contributed by atoms with E-state index in [1.165, 1.54) is 4.68 Å². The average Bonchev–Trinajstić information content (AvgIpc) is 2.77. The minimum absolute atomic E-state index is 0.128. The Bertz CT molecular complexity index is 607. The van der Waals surface area contributed by atoms with Gasteiger partial charge in [-0.3, -0.25) is 4.79 Å². The number of anilines is 1. The standard InChI is InChI=1S/C11H13BrN4OS/c1-3-16-11(17)10(12)9(5-14-16)13-4-8-6-18-7(2)15-8/h5-6,13H,3-4H2,1-2H3. The van der Waals surface area contributed by atoms with Crippen molar-refractivity contribution in [1.82, 2.24) is 14.8 Å². The van der Waals surface area contributed by atoms with Crippen molar-refractivity contribution in [2.45, 2.75) is 26.9 Å². The predicted molar refractivity (Wildman–Crippen MR) is 76.0 cm³/mol. The van der Waals surface area contributed by atoms with E-state index in [4.69, 9.17) is 0 Å². The van der Waals surface area contributed by atoms with Gasteiger partial charge in [0.15, 0.2) is 0 Å². The van der Waals surface area contributed by atoms with Gasteiger partial charge in [0.1, 0.15) is 4.47 Å². The fourth-order valence-electron chi connectivity index (χ4n) is 1.49. The number of aryl methyl sites for hydroxylation is 2. The summed E-state index contributed by atoms with van der Waals surface area (Å²) < 4.78 is 1.91. The fourth-order valence-corrected chi connectivity index (χ4v) is 2.55. The van der Waals surface area contributed by atoms with Crippen LogP contribution in [-0.4, -0.2) is 14.8 Å². The van der Waals surface area contributed by atoms with Gasteiger partial charge >= 0.3 is 0 Å². The molecule has 0 amide bonds. The van der Waals surface area contributed by atoms with Crippen molar-refractivity contribution in [3.8, 4) is 0 Å². The zero-order chi connectivity index (χ0) is 13.1. The minimum atomic E-state index is -0.128. The Morgan fingerprint density at radius 3 is 2.94 bits per heavy atom. The summed E-state index contributed by atoms with van der Waals surface area (Å²) in [6.45, 7) is 4.99. The number of nitrogens with zero attached hydrogens (tertiary/aromatic N) is 3. The van der Waals surface area contributed by atoms with Gasteiger partial charge in [-0.15, -0.1) is 11.3 Å². The highest BCUT2D eigenvalue weighted by molar-refractivity contribution is 9.10. The van der Waals surface area contributed by atoms with Crippen LogP contribution in [0.3, 0.4) is 0 Å². The zero-order valence-corrected chi connectivity index (χ0v) is 12.5. The number of hydrogen-bond donors (Lipinski definition) is 1. The normalized spacial score (nSPS) is 10.6. The molecule has 0 aliphatic heterocycles. The molecule has 5 nitrogen and oxygen atoms in total. The van der Waals surface area contributed by atoms with E-state index in [-0.39, 0.29) is 5.56 Å². The van der Waals surface area contributed by atoms with Crippen LogP contribution in [0, 0.1) is 6.92 Å². The number of halogens is 1. The monoisotopic (exact) mass is 328 g/mol. The molecule has 0 aliphatic carbocycles. The Labute approximate surface area is 117 Å². The van der Waals surface area contributed by atoms with Crippen molar-refractivity contribution < 1.29 is 0 Å². The summed E-state index contributed by atoms with van der Waals surface area (Å²) in [5.41, 5.74) is 1.52. The lowest BCUT2D eigenvalue weighted by Crippen LogP contribution is -2.23. The molecular weight excluding hydrogens is 316 g/mol. The molecule has 2 heterocycles. The second kappa shape index (κ2) is 5.62. The van der Waals surface area contributed by atoms with Gasteiger partial charge in [-0.2, -0.15) is 5.10 Å². The van der Waals surface area contributed by atoms with Gasteiger partial charge in [0, 0.05) is 11.9 Å². The highest BCUT2D eigenvalue weighted by atomic mass is 79.9. The Balaban J connectivity index is 2.15. The van der Waals surface area contributed by atoms with Gasteiger partial charge in [0.25, 0.3) is 5.56 Å². The maximum atomic E-state index is 11.8. The lowest BCUT2D eigenvalue weighted by molar-refractivity contribution is 0.613. The van der Waals surface area contributed by atoms with Crippen LogP contribution in [0.15, 0.2) is 20.8 Å². The smallest absolute Gasteiger partial charge is 0.283 e. The van der Waals surface area contributed by atoms with E-state index in [0.29, 0.717) is 23.2 Å². The van der Waals surface area contributed by atoms with Gasteiger partial charge in [-0.1, -0.05) is 0 Å². The minimum Gasteiger partial charge on any atom is -0.377 e. The van der Waals surface area contributed by atoms with Crippen LogP contribution in [0.25, 0.3) is 0 Å². The molecular formula is C11H13BrN4OS. The molecule has 2 rings (SSSR count). The predicted octanol–water partition coefficient (Wildman–Crippen LogP) is 2.40. The topological polar surface area (TPSA) is 59.8 Å². The molecule has 0 bridgehead atoms. The zero-order valence-electron chi connectivity index (χ0n) is 10.1. The first-order chi connectivity index (χ1) is 8.61. The Morgan fingerprint density at radius 1 is 1.56 bits per heavy atom. The van der Waals surface area contributed by atoms with Crippen LogP contribution in [0.5, 0.6) is 0 Å². The second-order valence-electron chi connectivity index (χ2n) is 3.70. The highest BCUT2D eigenvalue weighted by Crippen LogP contribution is 2.17. The van der Waals surface area contributed by atoms with Crippen LogP contribution < -0.4 is 10.9 Å². The van der Waals surface area contributed by atoms with Crippen molar-refractivity contribution in [1.29, 1.82) is 0 Å². The lowest BCUT2D eigenvalue weighted by atomic mass is 10.4. The highest BCUT2D eigenvalue weighted by Gasteiger charge is 2.08. The third kappa shape index (κ3) is 2.78. The van der Waals surface area contributed by atoms with E-state index in [9.17, 15) is 4.79 Å². The molecule has 0 radical (unpaired) electrons. The van der Waals surface area contributed by atoms with Crippen LogP contribution in [-0.2, 0) is 13.1 Å². The summed E-state index contributed by atoms with van der Waals surface area (Å²) in [7, 11) is 0. The second-order valence-corrected chi connectivity index (χ2v) is 5.56. The first kappa shape index (κ1) is 13.2. The van der Waals surface area contributed by atoms with E-state index in [0.717, 1.165) is 10.7 Å².